The van der Waals surface area contributed by atoms with E-state index in [0.29, 0.717) is 43.0 Å². The van der Waals surface area contributed by atoms with E-state index >= 15 is 4.57 Å². The first kappa shape index (κ1) is 31.8. The summed E-state index contributed by atoms with van der Waals surface area (Å²) in [6, 6.07) is 47.2. The van der Waals surface area contributed by atoms with Crippen LogP contribution in [0, 0.1) is 0 Å². The molecule has 0 N–H and O–H groups in total. The molecule has 8 aromatic rings. The molecule has 0 unspecified atom stereocenters. The Balaban J connectivity index is 1.54. The van der Waals surface area contributed by atoms with Crippen molar-refractivity contribution in [2.24, 2.45) is 0 Å². The molecule has 0 heterocycles. The number of halogens is 3. The highest BCUT2D eigenvalue weighted by molar-refractivity contribution is 7.88. The fraction of sp³-hybridized carbons (Fsp3) is 0.0244. The molecule has 4 nitrogen and oxygen atoms in total. The molecular weight excluding hydrogens is 676 g/mol. The van der Waals surface area contributed by atoms with E-state index in [2.05, 4.69) is 0 Å². The summed E-state index contributed by atoms with van der Waals surface area (Å²) in [7, 11) is -9.97. The summed E-state index contributed by atoms with van der Waals surface area (Å²) in [5, 5.41) is 7.30. The second-order valence-corrected chi connectivity index (χ2v) is 16.3. The van der Waals surface area contributed by atoms with Crippen molar-refractivity contribution < 1.29 is 30.3 Å². The molecule has 0 saturated heterocycles. The maximum absolute atomic E-state index is 16.5. The molecule has 0 radical (unpaired) electrons. The van der Waals surface area contributed by atoms with Crippen LogP contribution >= 0.6 is 7.14 Å². The van der Waals surface area contributed by atoms with Gasteiger partial charge in [-0.25, -0.2) is 0 Å². The summed E-state index contributed by atoms with van der Waals surface area (Å²) >= 11 is 0. The van der Waals surface area contributed by atoms with Crippen LogP contribution < -0.4 is 20.1 Å². The molecule has 8 rings (SSSR count). The van der Waals surface area contributed by atoms with Gasteiger partial charge in [0.25, 0.3) is 0 Å². The van der Waals surface area contributed by atoms with Gasteiger partial charge in [-0.3, -0.25) is 0 Å². The topological polar surface area (TPSA) is 60.4 Å². The van der Waals surface area contributed by atoms with Gasteiger partial charge >= 0.3 is 15.6 Å². The quantitative estimate of drug-likeness (QED) is 0.0984. The Morgan fingerprint density at radius 3 is 1.42 bits per heavy atom. The van der Waals surface area contributed by atoms with Crippen LogP contribution in [0.5, 0.6) is 5.75 Å². The van der Waals surface area contributed by atoms with Gasteiger partial charge in [-0.1, -0.05) is 133 Å². The van der Waals surface area contributed by atoms with Crippen molar-refractivity contribution in [1.29, 1.82) is 0 Å². The van der Waals surface area contributed by atoms with Crippen molar-refractivity contribution in [3.63, 3.8) is 0 Å². The predicted molar refractivity (Wildman–Crippen MR) is 197 cm³/mol. The van der Waals surface area contributed by atoms with Gasteiger partial charge in [0.05, 0.1) is 0 Å². The average molecular weight is 703 g/mol. The first-order valence-electron chi connectivity index (χ1n) is 15.7. The summed E-state index contributed by atoms with van der Waals surface area (Å²) in [6.07, 6.45) is 0. The third kappa shape index (κ3) is 5.23. The van der Waals surface area contributed by atoms with E-state index < -0.39 is 28.5 Å². The van der Waals surface area contributed by atoms with Crippen molar-refractivity contribution >= 4 is 76.3 Å². The predicted octanol–water partition coefficient (Wildman–Crippen LogP) is 9.83. The molecule has 0 aromatic heterocycles. The molecule has 0 bridgehead atoms. The second kappa shape index (κ2) is 11.9. The van der Waals surface area contributed by atoms with Crippen LogP contribution in [0.15, 0.2) is 158 Å². The van der Waals surface area contributed by atoms with Crippen LogP contribution in [-0.2, 0) is 14.7 Å². The van der Waals surface area contributed by atoms with Crippen molar-refractivity contribution in [3.8, 4) is 16.9 Å². The Hall–Kier alpha value is -5.43. The third-order valence-corrected chi connectivity index (χ3v) is 13.1. The van der Waals surface area contributed by atoms with E-state index in [1.165, 1.54) is 12.1 Å². The Bertz CT molecular complexity index is 2710. The third-order valence-electron chi connectivity index (χ3n) is 9.06. The lowest BCUT2D eigenvalue weighted by Crippen LogP contribution is -2.29. The molecule has 0 amide bonds. The normalized spacial score (nSPS) is 12.5. The van der Waals surface area contributed by atoms with Gasteiger partial charge in [0.15, 0.2) is 12.9 Å². The summed E-state index contributed by atoms with van der Waals surface area (Å²) in [4.78, 5) is 0. The molecule has 0 aliphatic carbocycles. The first-order chi connectivity index (χ1) is 24.0. The Morgan fingerprint density at radius 2 is 0.900 bits per heavy atom. The highest BCUT2D eigenvalue weighted by Crippen LogP contribution is 2.51. The molecule has 0 aliphatic heterocycles. The van der Waals surface area contributed by atoms with Crippen LogP contribution in [0.25, 0.3) is 54.2 Å². The average Bonchev–Trinajstić information content (AvgIpc) is 3.13. The molecule has 9 heteroatoms. The fourth-order valence-electron chi connectivity index (χ4n) is 6.70. The van der Waals surface area contributed by atoms with Gasteiger partial charge in [0, 0.05) is 27.0 Å². The standard InChI is InChI=1S/C41H26F3O4PS/c42-41(43,44)50(46,47)48-37-23-19-29-11-5-7-15-35(29)39(37)40-36-16-8-6-12-30(36)20-24-38(40)49(45,33-21-17-27-9-1-3-13-31(27)25-33)34-22-18-28-10-2-4-14-32(28)26-34/h1-26H. The Kier molecular flexibility index (Phi) is 7.55. The number of alkyl halides is 3. The van der Waals surface area contributed by atoms with Gasteiger partial charge < -0.3 is 8.75 Å². The summed E-state index contributed by atoms with van der Waals surface area (Å²) in [5.74, 6) is -0.526. The highest BCUT2D eigenvalue weighted by Gasteiger charge is 2.49. The fourth-order valence-corrected chi connectivity index (χ4v) is 10.1. The Labute approximate surface area is 285 Å². The highest BCUT2D eigenvalue weighted by atomic mass is 32.2. The van der Waals surface area contributed by atoms with Crippen LogP contribution in [0.1, 0.15) is 0 Å². The summed E-state index contributed by atoms with van der Waals surface area (Å²) in [5.41, 5.74) is -5.27. The molecule has 50 heavy (non-hydrogen) atoms. The summed E-state index contributed by atoms with van der Waals surface area (Å²) < 4.78 is 88.1. The van der Waals surface area contributed by atoms with Crippen molar-refractivity contribution in [2.45, 2.75) is 5.51 Å². The number of hydrogen-bond acceptors (Lipinski definition) is 4. The lowest BCUT2D eigenvalue weighted by molar-refractivity contribution is -0.0499. The van der Waals surface area contributed by atoms with Crippen molar-refractivity contribution in [1.82, 2.24) is 0 Å². The van der Waals surface area contributed by atoms with Gasteiger partial charge in [0.1, 0.15) is 0 Å². The zero-order valence-electron chi connectivity index (χ0n) is 26.1. The second-order valence-electron chi connectivity index (χ2n) is 12.0. The van der Waals surface area contributed by atoms with E-state index in [1.54, 1.807) is 42.5 Å². The minimum Gasteiger partial charge on any atom is -0.375 e. The van der Waals surface area contributed by atoms with Crippen LogP contribution in [0.3, 0.4) is 0 Å². The van der Waals surface area contributed by atoms with Crippen molar-refractivity contribution in [2.75, 3.05) is 0 Å². The van der Waals surface area contributed by atoms with E-state index in [0.717, 1.165) is 21.5 Å². The molecule has 0 aliphatic rings. The lowest BCUT2D eigenvalue weighted by atomic mass is 9.93. The van der Waals surface area contributed by atoms with E-state index in [-0.39, 0.29) is 5.56 Å². The molecule has 0 saturated carbocycles. The minimum atomic E-state index is -6.07. The molecular formula is C41H26F3O4PS. The maximum Gasteiger partial charge on any atom is 0.534 e. The van der Waals surface area contributed by atoms with E-state index in [1.807, 2.05) is 103 Å². The number of hydrogen-bond donors (Lipinski definition) is 0. The minimum absolute atomic E-state index is 0.0875. The zero-order chi connectivity index (χ0) is 34.7. The lowest BCUT2D eigenvalue weighted by Gasteiger charge is -2.26. The van der Waals surface area contributed by atoms with E-state index in [4.69, 9.17) is 4.18 Å². The van der Waals surface area contributed by atoms with Crippen molar-refractivity contribution in [3.05, 3.63) is 158 Å². The zero-order valence-corrected chi connectivity index (χ0v) is 27.8. The number of rotatable bonds is 6. The van der Waals surface area contributed by atoms with Gasteiger partial charge in [-0.2, -0.15) is 21.6 Å². The van der Waals surface area contributed by atoms with Gasteiger partial charge in [0.2, 0.25) is 0 Å². The Morgan fingerprint density at radius 1 is 0.480 bits per heavy atom. The molecule has 246 valence electrons. The summed E-state index contributed by atoms with van der Waals surface area (Å²) in [6.45, 7) is 0. The number of benzene rings is 8. The number of fused-ring (bicyclic) bond motifs is 4. The van der Waals surface area contributed by atoms with Gasteiger partial charge in [-0.15, -0.1) is 0 Å². The molecule has 0 fully saturated rings. The monoisotopic (exact) mass is 702 g/mol. The first-order valence-corrected chi connectivity index (χ1v) is 18.8. The largest absolute Gasteiger partial charge is 0.534 e. The van der Waals surface area contributed by atoms with Crippen LogP contribution in [-0.4, -0.2) is 13.9 Å². The smallest absolute Gasteiger partial charge is 0.375 e. The van der Waals surface area contributed by atoms with Crippen LogP contribution in [0.4, 0.5) is 13.2 Å². The molecule has 8 aromatic carbocycles. The molecule has 0 atom stereocenters. The van der Waals surface area contributed by atoms with Crippen LogP contribution in [0.2, 0.25) is 0 Å². The van der Waals surface area contributed by atoms with Gasteiger partial charge in [-0.05, 0) is 67.4 Å². The maximum atomic E-state index is 16.5. The SMILES string of the molecule is O=P(c1ccc2ccccc2c1)(c1ccc2ccccc2c1)c1ccc2ccccc2c1-c1c(OS(=O)(=O)C(F)(F)F)ccc2ccccc12. The van der Waals surface area contributed by atoms with E-state index in [9.17, 15) is 21.6 Å². The molecule has 0 spiro atoms.